The van der Waals surface area contributed by atoms with Gasteiger partial charge in [0.05, 0.1) is 23.8 Å². The Morgan fingerprint density at radius 2 is 1.87 bits per heavy atom. The summed E-state index contributed by atoms with van der Waals surface area (Å²) in [7, 11) is -3.56. The number of benzene rings is 1. The molecule has 1 aromatic carbocycles. The molecule has 6 nitrogen and oxygen atoms in total. The summed E-state index contributed by atoms with van der Waals surface area (Å²) in [5, 5.41) is 0. The van der Waals surface area contributed by atoms with Crippen LogP contribution in [0.15, 0.2) is 46.0 Å². The zero-order valence-corrected chi connectivity index (χ0v) is 14.3. The van der Waals surface area contributed by atoms with E-state index in [0.29, 0.717) is 13.0 Å². The Kier molecular flexibility index (Phi) is 4.60. The molecule has 1 aliphatic heterocycles. The third kappa shape index (κ3) is 3.67. The van der Waals surface area contributed by atoms with Gasteiger partial charge in [0.15, 0.2) is 5.82 Å². The molecule has 0 bridgehead atoms. The van der Waals surface area contributed by atoms with E-state index in [0.717, 1.165) is 16.9 Å². The summed E-state index contributed by atoms with van der Waals surface area (Å²) < 4.78 is 45.6. The van der Waals surface area contributed by atoms with Crippen LogP contribution in [0.25, 0.3) is 0 Å². The standard InChI is InChI=1S/C14H13BrFN3O3S/c15-10-1-3-13(4-2-10)23(20,21)19-6-5-12(9-19)22-14-17-7-11(16)8-18-14/h1-4,7-8,12H,5-6,9H2. The molecule has 1 atom stereocenters. The molecule has 0 aliphatic carbocycles. The van der Waals surface area contributed by atoms with E-state index in [-0.39, 0.29) is 23.6 Å². The van der Waals surface area contributed by atoms with E-state index in [1.165, 1.54) is 4.31 Å². The lowest BCUT2D eigenvalue weighted by molar-refractivity contribution is 0.197. The zero-order valence-electron chi connectivity index (χ0n) is 11.9. The van der Waals surface area contributed by atoms with Crippen molar-refractivity contribution in [1.82, 2.24) is 14.3 Å². The summed E-state index contributed by atoms with van der Waals surface area (Å²) in [5.41, 5.74) is 0. The van der Waals surface area contributed by atoms with Gasteiger partial charge in [-0.1, -0.05) is 15.9 Å². The first kappa shape index (κ1) is 16.3. The van der Waals surface area contributed by atoms with E-state index in [2.05, 4.69) is 25.9 Å². The minimum absolute atomic E-state index is 0.0410. The van der Waals surface area contributed by atoms with Crippen LogP contribution in [-0.4, -0.2) is 41.9 Å². The first-order chi connectivity index (χ1) is 10.9. The molecule has 1 aromatic heterocycles. The molecule has 1 unspecified atom stereocenters. The Balaban J connectivity index is 1.69. The zero-order chi connectivity index (χ0) is 16.4. The summed E-state index contributed by atoms with van der Waals surface area (Å²) >= 11 is 3.28. The highest BCUT2D eigenvalue weighted by molar-refractivity contribution is 9.10. The molecule has 1 fully saturated rings. The monoisotopic (exact) mass is 401 g/mol. The van der Waals surface area contributed by atoms with Crippen LogP contribution < -0.4 is 4.74 Å². The fourth-order valence-electron chi connectivity index (χ4n) is 2.28. The smallest absolute Gasteiger partial charge is 0.316 e. The van der Waals surface area contributed by atoms with Gasteiger partial charge >= 0.3 is 6.01 Å². The summed E-state index contributed by atoms with van der Waals surface area (Å²) in [6.45, 7) is 0.559. The largest absolute Gasteiger partial charge is 0.459 e. The van der Waals surface area contributed by atoms with Crippen LogP contribution >= 0.6 is 15.9 Å². The van der Waals surface area contributed by atoms with Crippen molar-refractivity contribution in [3.05, 3.63) is 46.9 Å². The Morgan fingerprint density at radius 3 is 2.52 bits per heavy atom. The molecule has 1 aliphatic rings. The SMILES string of the molecule is O=S(=O)(c1ccc(Br)cc1)N1CCC(Oc2ncc(F)cn2)C1. The summed E-state index contributed by atoms with van der Waals surface area (Å²) in [6, 6.07) is 6.51. The van der Waals surface area contributed by atoms with Gasteiger partial charge in [-0.05, 0) is 30.7 Å². The maximum Gasteiger partial charge on any atom is 0.316 e. The number of sulfonamides is 1. The quantitative estimate of drug-likeness (QED) is 0.785. The number of halogens is 2. The summed E-state index contributed by atoms with van der Waals surface area (Å²) in [6.07, 6.45) is 2.18. The van der Waals surface area contributed by atoms with Crippen LogP contribution in [0.1, 0.15) is 6.42 Å². The van der Waals surface area contributed by atoms with Crippen molar-refractivity contribution in [2.24, 2.45) is 0 Å². The lowest BCUT2D eigenvalue weighted by atomic mass is 10.3. The molecular weight excluding hydrogens is 389 g/mol. The molecule has 122 valence electrons. The van der Waals surface area contributed by atoms with Crippen molar-refractivity contribution in [1.29, 1.82) is 0 Å². The molecule has 0 radical (unpaired) electrons. The Morgan fingerprint density at radius 1 is 1.22 bits per heavy atom. The molecule has 23 heavy (non-hydrogen) atoms. The van der Waals surface area contributed by atoms with E-state index in [1.54, 1.807) is 24.3 Å². The second kappa shape index (κ2) is 6.50. The molecule has 0 amide bonds. The highest BCUT2D eigenvalue weighted by Crippen LogP contribution is 2.24. The topological polar surface area (TPSA) is 72.4 Å². The predicted molar refractivity (Wildman–Crippen MR) is 83.9 cm³/mol. The van der Waals surface area contributed by atoms with Gasteiger partial charge in [0.25, 0.3) is 0 Å². The molecule has 2 aromatic rings. The molecule has 0 saturated carbocycles. The van der Waals surface area contributed by atoms with Crippen LogP contribution in [0.3, 0.4) is 0 Å². The molecule has 9 heteroatoms. The maximum atomic E-state index is 12.8. The van der Waals surface area contributed by atoms with E-state index in [4.69, 9.17) is 4.74 Å². The van der Waals surface area contributed by atoms with E-state index < -0.39 is 15.8 Å². The van der Waals surface area contributed by atoms with Crippen molar-refractivity contribution >= 4 is 26.0 Å². The Hall–Kier alpha value is -1.58. The van der Waals surface area contributed by atoms with Crippen LogP contribution in [0.2, 0.25) is 0 Å². The number of hydrogen-bond acceptors (Lipinski definition) is 5. The molecule has 1 saturated heterocycles. The van der Waals surface area contributed by atoms with Crippen molar-refractivity contribution in [3.8, 4) is 6.01 Å². The normalized spacial score (nSPS) is 19.0. The highest BCUT2D eigenvalue weighted by Gasteiger charge is 2.34. The van der Waals surface area contributed by atoms with Gasteiger partial charge in [0, 0.05) is 11.0 Å². The van der Waals surface area contributed by atoms with Gasteiger partial charge in [0.1, 0.15) is 6.10 Å². The van der Waals surface area contributed by atoms with Crippen molar-refractivity contribution in [2.75, 3.05) is 13.1 Å². The second-order valence-corrected chi connectivity index (χ2v) is 7.88. The fourth-order valence-corrected chi connectivity index (χ4v) is 4.03. The second-order valence-electron chi connectivity index (χ2n) is 5.03. The highest BCUT2D eigenvalue weighted by atomic mass is 79.9. The van der Waals surface area contributed by atoms with E-state index in [9.17, 15) is 12.8 Å². The van der Waals surface area contributed by atoms with Gasteiger partial charge in [-0.3, -0.25) is 0 Å². The van der Waals surface area contributed by atoms with Gasteiger partial charge < -0.3 is 4.74 Å². The van der Waals surface area contributed by atoms with Gasteiger partial charge in [-0.2, -0.15) is 4.31 Å². The maximum absolute atomic E-state index is 12.8. The van der Waals surface area contributed by atoms with Crippen molar-refractivity contribution in [2.45, 2.75) is 17.4 Å². The molecular formula is C14H13BrFN3O3S. The van der Waals surface area contributed by atoms with Crippen LogP contribution in [0, 0.1) is 5.82 Å². The van der Waals surface area contributed by atoms with Gasteiger partial charge in [0.2, 0.25) is 10.0 Å². The molecule has 2 heterocycles. The van der Waals surface area contributed by atoms with Crippen molar-refractivity contribution < 1.29 is 17.5 Å². The minimum Gasteiger partial charge on any atom is -0.459 e. The lowest BCUT2D eigenvalue weighted by Gasteiger charge is -2.16. The van der Waals surface area contributed by atoms with E-state index in [1.807, 2.05) is 0 Å². The number of aromatic nitrogens is 2. The Bertz CT molecular complexity index is 784. The van der Waals surface area contributed by atoms with Crippen molar-refractivity contribution in [3.63, 3.8) is 0 Å². The van der Waals surface area contributed by atoms with Crippen LogP contribution in [-0.2, 0) is 10.0 Å². The molecule has 3 rings (SSSR count). The molecule has 0 spiro atoms. The summed E-state index contributed by atoms with van der Waals surface area (Å²) in [4.78, 5) is 7.67. The first-order valence-electron chi connectivity index (χ1n) is 6.85. The van der Waals surface area contributed by atoms with Crippen LogP contribution in [0.5, 0.6) is 6.01 Å². The average Bonchev–Trinajstić information content (AvgIpc) is 2.99. The Labute approximate surface area is 141 Å². The van der Waals surface area contributed by atoms with Gasteiger partial charge in [-0.15, -0.1) is 0 Å². The van der Waals surface area contributed by atoms with Gasteiger partial charge in [-0.25, -0.2) is 22.8 Å². The summed E-state index contributed by atoms with van der Waals surface area (Å²) in [5.74, 6) is -0.553. The lowest BCUT2D eigenvalue weighted by Crippen LogP contribution is -2.31. The third-order valence-corrected chi connectivity index (χ3v) is 5.84. The number of hydrogen-bond donors (Lipinski definition) is 0. The number of rotatable bonds is 4. The van der Waals surface area contributed by atoms with Crippen LogP contribution in [0.4, 0.5) is 4.39 Å². The minimum atomic E-state index is -3.56. The number of ether oxygens (including phenoxy) is 1. The molecule has 0 N–H and O–H groups in total. The number of nitrogens with zero attached hydrogens (tertiary/aromatic N) is 3. The third-order valence-electron chi connectivity index (χ3n) is 3.43. The predicted octanol–water partition coefficient (Wildman–Crippen LogP) is 2.22. The first-order valence-corrected chi connectivity index (χ1v) is 9.08. The average molecular weight is 402 g/mol. The fraction of sp³-hybridized carbons (Fsp3) is 0.286. The van der Waals surface area contributed by atoms with E-state index >= 15 is 0 Å².